The van der Waals surface area contributed by atoms with Crippen molar-refractivity contribution in [2.45, 2.75) is 31.4 Å². The Morgan fingerprint density at radius 3 is 2.10 bits per heavy atom. The number of ether oxygens (including phenoxy) is 1. The summed E-state index contributed by atoms with van der Waals surface area (Å²) in [4.78, 5) is 26.8. The molecule has 0 saturated carbocycles. The molecule has 31 heavy (non-hydrogen) atoms. The fourth-order valence-corrected chi connectivity index (χ4v) is 4.56. The van der Waals surface area contributed by atoms with Crippen molar-refractivity contribution >= 4 is 17.7 Å². The summed E-state index contributed by atoms with van der Waals surface area (Å²) in [5, 5.41) is 2.77. The molecule has 2 amide bonds. The Balaban J connectivity index is 1.16. The molecule has 1 fully saturated rings. The van der Waals surface area contributed by atoms with Crippen LogP contribution in [0.4, 0.5) is 10.5 Å². The normalized spacial score (nSPS) is 18.1. The van der Waals surface area contributed by atoms with E-state index in [2.05, 4.69) is 17.4 Å². The van der Waals surface area contributed by atoms with E-state index >= 15 is 0 Å². The van der Waals surface area contributed by atoms with Gasteiger partial charge in [-0.2, -0.15) is 0 Å². The van der Waals surface area contributed by atoms with Gasteiger partial charge in [0, 0.05) is 11.7 Å². The van der Waals surface area contributed by atoms with Gasteiger partial charge in [0.15, 0.2) is 0 Å². The quantitative estimate of drug-likeness (QED) is 0.677. The van der Waals surface area contributed by atoms with Gasteiger partial charge < -0.3 is 9.64 Å². The minimum absolute atomic E-state index is 0.0582. The number of carbonyl (C=O) groups is 2. The highest BCUT2D eigenvalue weighted by Gasteiger charge is 2.38. The third-order valence-electron chi connectivity index (χ3n) is 6.11. The first kappa shape index (κ1) is 19.4. The lowest BCUT2D eigenvalue weighted by atomic mass is 10.1. The molecule has 1 N–H and O–H groups in total. The third-order valence-corrected chi connectivity index (χ3v) is 6.11. The Morgan fingerprint density at radius 2 is 1.42 bits per heavy atom. The molecule has 2 aliphatic rings. The number of hydrogen-bond acceptors (Lipinski definition) is 3. The lowest BCUT2D eigenvalue weighted by Gasteiger charge is -2.24. The van der Waals surface area contributed by atoms with Gasteiger partial charge in [-0.25, -0.2) is 4.79 Å². The number of rotatable bonds is 4. The smallest absolute Gasteiger partial charge is 0.411 e. The van der Waals surface area contributed by atoms with Crippen LogP contribution in [0.2, 0.25) is 0 Å². The molecule has 156 valence electrons. The maximum absolute atomic E-state index is 12.5. The number of likely N-dealkylation sites (tertiary alicyclic amines) is 1. The standard InChI is InChI=1S/C26H24N2O3/c29-25-16-24(17-28(25)23-14-20-8-4-5-9-21(20)15-23)31-26(30)27-22-12-10-19(11-13-22)18-6-2-1-3-7-18/h1-13,23-24H,14-17H2,(H,27,30). The zero-order valence-electron chi connectivity index (χ0n) is 17.2. The minimum Gasteiger partial charge on any atom is -0.444 e. The van der Waals surface area contributed by atoms with Gasteiger partial charge in [0.05, 0.1) is 13.0 Å². The zero-order valence-corrected chi connectivity index (χ0v) is 17.2. The van der Waals surface area contributed by atoms with Crippen molar-refractivity contribution in [3.05, 3.63) is 90.0 Å². The van der Waals surface area contributed by atoms with Crippen LogP contribution in [0.3, 0.4) is 0 Å². The second kappa shape index (κ2) is 8.26. The average molecular weight is 412 g/mol. The van der Waals surface area contributed by atoms with E-state index in [0.717, 1.165) is 24.0 Å². The Kier molecular flexibility index (Phi) is 5.16. The molecule has 1 aliphatic carbocycles. The fourth-order valence-electron chi connectivity index (χ4n) is 4.56. The Bertz CT molecular complexity index is 1070. The topological polar surface area (TPSA) is 58.6 Å². The molecule has 1 saturated heterocycles. The van der Waals surface area contributed by atoms with Crippen molar-refractivity contribution in [2.24, 2.45) is 0 Å². The van der Waals surface area contributed by atoms with Crippen LogP contribution in [0.5, 0.6) is 0 Å². The predicted octanol–water partition coefficient (Wildman–Crippen LogP) is 4.67. The van der Waals surface area contributed by atoms with E-state index in [4.69, 9.17) is 4.74 Å². The Morgan fingerprint density at radius 1 is 0.806 bits per heavy atom. The lowest BCUT2D eigenvalue weighted by molar-refractivity contribution is -0.129. The molecule has 1 aliphatic heterocycles. The first-order chi connectivity index (χ1) is 15.2. The number of anilines is 1. The van der Waals surface area contributed by atoms with Gasteiger partial charge in [0.25, 0.3) is 0 Å². The largest absolute Gasteiger partial charge is 0.444 e. The Hall–Kier alpha value is -3.60. The number of carbonyl (C=O) groups excluding carboxylic acids is 2. The second-order valence-electron chi connectivity index (χ2n) is 8.18. The van der Waals surface area contributed by atoms with Crippen LogP contribution in [-0.2, 0) is 22.4 Å². The highest BCUT2D eigenvalue weighted by atomic mass is 16.6. The molecule has 0 spiro atoms. The summed E-state index contributed by atoms with van der Waals surface area (Å²) in [5.41, 5.74) is 5.48. The number of fused-ring (bicyclic) bond motifs is 1. The number of nitrogens with zero attached hydrogens (tertiary/aromatic N) is 1. The average Bonchev–Trinajstić information content (AvgIpc) is 3.37. The molecule has 1 heterocycles. The molecular formula is C26H24N2O3. The number of benzene rings is 3. The van der Waals surface area contributed by atoms with E-state index in [1.54, 1.807) is 0 Å². The lowest BCUT2D eigenvalue weighted by Crippen LogP contribution is -2.38. The van der Waals surface area contributed by atoms with Crippen molar-refractivity contribution in [1.82, 2.24) is 4.90 Å². The SMILES string of the molecule is O=C(Nc1ccc(-c2ccccc2)cc1)OC1CC(=O)N(C2Cc3ccccc3C2)C1. The van der Waals surface area contributed by atoms with Crippen LogP contribution in [0.15, 0.2) is 78.9 Å². The molecule has 0 radical (unpaired) electrons. The summed E-state index contributed by atoms with van der Waals surface area (Å²) in [6.45, 7) is 0.456. The van der Waals surface area contributed by atoms with Crippen LogP contribution in [0.1, 0.15) is 17.5 Å². The summed E-state index contributed by atoms with van der Waals surface area (Å²) < 4.78 is 5.55. The van der Waals surface area contributed by atoms with Gasteiger partial charge in [-0.3, -0.25) is 10.1 Å². The van der Waals surface area contributed by atoms with Crippen LogP contribution < -0.4 is 5.32 Å². The van der Waals surface area contributed by atoms with Crippen molar-refractivity contribution in [2.75, 3.05) is 11.9 Å². The maximum Gasteiger partial charge on any atom is 0.411 e. The molecule has 0 bridgehead atoms. The highest BCUT2D eigenvalue weighted by Crippen LogP contribution is 2.29. The predicted molar refractivity (Wildman–Crippen MR) is 120 cm³/mol. The monoisotopic (exact) mass is 412 g/mol. The fraction of sp³-hybridized carbons (Fsp3) is 0.231. The van der Waals surface area contributed by atoms with Crippen LogP contribution in [-0.4, -0.2) is 35.6 Å². The summed E-state index contributed by atoms with van der Waals surface area (Å²) in [6, 6.07) is 26.2. The Labute approximate surface area is 181 Å². The first-order valence-electron chi connectivity index (χ1n) is 10.6. The molecule has 1 unspecified atom stereocenters. The molecule has 5 heteroatoms. The number of nitrogens with one attached hydrogen (secondary N) is 1. The highest BCUT2D eigenvalue weighted by molar-refractivity contribution is 5.86. The zero-order chi connectivity index (χ0) is 21.2. The van der Waals surface area contributed by atoms with E-state index in [9.17, 15) is 9.59 Å². The number of hydrogen-bond donors (Lipinski definition) is 1. The van der Waals surface area contributed by atoms with Crippen molar-refractivity contribution in [3.8, 4) is 11.1 Å². The van der Waals surface area contributed by atoms with Crippen molar-refractivity contribution < 1.29 is 14.3 Å². The van der Waals surface area contributed by atoms with Crippen molar-refractivity contribution in [1.29, 1.82) is 0 Å². The molecule has 5 nitrogen and oxygen atoms in total. The van der Waals surface area contributed by atoms with Crippen molar-refractivity contribution in [3.63, 3.8) is 0 Å². The summed E-state index contributed by atoms with van der Waals surface area (Å²) >= 11 is 0. The van der Waals surface area contributed by atoms with Gasteiger partial charge in [-0.1, -0.05) is 66.7 Å². The second-order valence-corrected chi connectivity index (χ2v) is 8.18. The molecule has 0 aromatic heterocycles. The maximum atomic E-state index is 12.5. The van der Waals surface area contributed by atoms with E-state index < -0.39 is 12.2 Å². The minimum atomic E-state index is -0.526. The molecule has 3 aromatic rings. The molecule has 3 aromatic carbocycles. The third kappa shape index (κ3) is 4.17. The van der Waals surface area contributed by atoms with E-state index in [1.165, 1.54) is 11.1 Å². The van der Waals surface area contributed by atoms with Crippen LogP contribution >= 0.6 is 0 Å². The van der Waals surface area contributed by atoms with Crippen LogP contribution in [0, 0.1) is 0 Å². The summed E-state index contributed by atoms with van der Waals surface area (Å²) in [7, 11) is 0. The summed E-state index contributed by atoms with van der Waals surface area (Å²) in [6.07, 6.45) is 1.04. The van der Waals surface area contributed by atoms with E-state index in [-0.39, 0.29) is 18.4 Å². The van der Waals surface area contributed by atoms with E-state index in [0.29, 0.717) is 12.2 Å². The molecular weight excluding hydrogens is 388 g/mol. The van der Waals surface area contributed by atoms with Gasteiger partial charge in [-0.15, -0.1) is 0 Å². The molecule has 5 rings (SSSR count). The first-order valence-corrected chi connectivity index (χ1v) is 10.6. The van der Waals surface area contributed by atoms with Crippen LogP contribution in [0.25, 0.3) is 11.1 Å². The van der Waals surface area contributed by atoms with Gasteiger partial charge in [-0.05, 0) is 47.2 Å². The molecule has 1 atom stereocenters. The van der Waals surface area contributed by atoms with Gasteiger partial charge in [0.2, 0.25) is 5.91 Å². The van der Waals surface area contributed by atoms with Gasteiger partial charge >= 0.3 is 6.09 Å². The van der Waals surface area contributed by atoms with Gasteiger partial charge in [0.1, 0.15) is 6.10 Å². The number of amides is 2. The van der Waals surface area contributed by atoms with E-state index in [1.807, 2.05) is 71.6 Å². The summed E-state index contributed by atoms with van der Waals surface area (Å²) in [5.74, 6) is 0.0582.